The molecule has 0 saturated carbocycles. The first-order valence-electron chi connectivity index (χ1n) is 7.89. The van der Waals surface area contributed by atoms with E-state index in [1.807, 2.05) is 6.07 Å². The molecule has 2 heterocycles. The van der Waals surface area contributed by atoms with Crippen molar-refractivity contribution in [3.05, 3.63) is 72.6 Å². The summed E-state index contributed by atoms with van der Waals surface area (Å²) in [4.78, 5) is 12.1. The summed E-state index contributed by atoms with van der Waals surface area (Å²) in [6.07, 6.45) is 1.49. The fourth-order valence-corrected chi connectivity index (χ4v) is 2.52. The minimum Gasteiger partial charge on any atom is -0.308 e. The second kappa shape index (κ2) is 6.79. The van der Waals surface area contributed by atoms with Crippen molar-refractivity contribution >= 4 is 23.1 Å². The lowest BCUT2D eigenvalue weighted by Crippen LogP contribution is -2.20. The molecule has 0 atom stereocenters. The van der Waals surface area contributed by atoms with Crippen molar-refractivity contribution < 1.29 is 13.6 Å². The molecule has 0 aliphatic rings. The molecule has 0 unspecified atom stereocenters. The van der Waals surface area contributed by atoms with Crippen LogP contribution in [-0.4, -0.2) is 25.8 Å². The molecule has 27 heavy (non-hydrogen) atoms. The van der Waals surface area contributed by atoms with Crippen LogP contribution in [0, 0.1) is 11.6 Å². The Labute approximate surface area is 151 Å². The van der Waals surface area contributed by atoms with Crippen LogP contribution < -0.4 is 10.6 Å². The first kappa shape index (κ1) is 16.6. The smallest absolute Gasteiger partial charge is 0.308 e. The van der Waals surface area contributed by atoms with E-state index in [1.54, 1.807) is 30.3 Å². The van der Waals surface area contributed by atoms with E-state index < -0.39 is 17.7 Å². The lowest BCUT2D eigenvalue weighted by Gasteiger charge is -2.10. The highest BCUT2D eigenvalue weighted by Crippen LogP contribution is 2.21. The summed E-state index contributed by atoms with van der Waals surface area (Å²) >= 11 is 0. The quantitative estimate of drug-likeness (QED) is 0.579. The van der Waals surface area contributed by atoms with Crippen LogP contribution in [0.5, 0.6) is 0 Å². The summed E-state index contributed by atoms with van der Waals surface area (Å²) in [5.41, 5.74) is 2.24. The molecule has 2 aromatic heterocycles. The maximum atomic E-state index is 13.6. The molecule has 2 N–H and O–H groups in total. The Morgan fingerprint density at radius 1 is 1.00 bits per heavy atom. The number of fused-ring (bicyclic) bond motifs is 1. The van der Waals surface area contributed by atoms with Gasteiger partial charge in [0, 0.05) is 17.3 Å². The average molecular weight is 366 g/mol. The van der Waals surface area contributed by atoms with Crippen molar-refractivity contribution in [2.45, 2.75) is 0 Å². The lowest BCUT2D eigenvalue weighted by molar-refractivity contribution is 0.262. The molecule has 2 aromatic carbocycles. The van der Waals surface area contributed by atoms with Gasteiger partial charge in [0.2, 0.25) is 0 Å². The van der Waals surface area contributed by atoms with Crippen LogP contribution in [0.25, 0.3) is 16.9 Å². The molecule has 0 radical (unpaired) electrons. The average Bonchev–Trinajstić information content (AvgIpc) is 3.12. The van der Waals surface area contributed by atoms with Gasteiger partial charge in [-0.15, -0.1) is 10.2 Å². The number of carbonyl (C=O) groups excluding carboxylic acids is 1. The fraction of sp³-hybridized carbons (Fsp3) is 0. The fourth-order valence-electron chi connectivity index (χ4n) is 2.52. The largest absolute Gasteiger partial charge is 0.323 e. The number of anilines is 2. The van der Waals surface area contributed by atoms with Crippen LogP contribution in [0.1, 0.15) is 0 Å². The minimum atomic E-state index is -0.730. The molecule has 134 valence electrons. The molecule has 4 aromatic rings. The van der Waals surface area contributed by atoms with E-state index in [2.05, 4.69) is 25.9 Å². The third-order valence-electron chi connectivity index (χ3n) is 3.75. The second-order valence-electron chi connectivity index (χ2n) is 5.64. The number of halogens is 2. The van der Waals surface area contributed by atoms with Gasteiger partial charge in [0.15, 0.2) is 5.65 Å². The molecule has 7 nitrogen and oxygen atoms in total. The predicted molar refractivity (Wildman–Crippen MR) is 95.2 cm³/mol. The number of hydrogen-bond donors (Lipinski definition) is 2. The van der Waals surface area contributed by atoms with Crippen molar-refractivity contribution in [2.24, 2.45) is 0 Å². The summed E-state index contributed by atoms with van der Waals surface area (Å²) in [6, 6.07) is 12.6. The number of carbonyl (C=O) groups is 1. The van der Waals surface area contributed by atoms with Crippen molar-refractivity contribution in [1.82, 2.24) is 19.8 Å². The first-order chi connectivity index (χ1) is 13.1. The minimum absolute atomic E-state index is 0.247. The number of amides is 2. The molecular formula is C18H12F2N6O. The van der Waals surface area contributed by atoms with Gasteiger partial charge in [-0.25, -0.2) is 13.6 Å². The molecule has 0 spiro atoms. The Balaban J connectivity index is 1.53. The van der Waals surface area contributed by atoms with E-state index in [9.17, 15) is 13.6 Å². The zero-order valence-electron chi connectivity index (χ0n) is 13.7. The maximum Gasteiger partial charge on any atom is 0.323 e. The number of hydrogen-bond acceptors (Lipinski definition) is 4. The van der Waals surface area contributed by atoms with Crippen LogP contribution in [-0.2, 0) is 0 Å². The number of aromatic nitrogens is 4. The van der Waals surface area contributed by atoms with Gasteiger partial charge >= 0.3 is 6.03 Å². The van der Waals surface area contributed by atoms with Crippen LogP contribution in [0.2, 0.25) is 0 Å². The lowest BCUT2D eigenvalue weighted by atomic mass is 10.1. The van der Waals surface area contributed by atoms with Crippen molar-refractivity contribution in [1.29, 1.82) is 0 Å². The highest BCUT2D eigenvalue weighted by atomic mass is 19.1. The molecule has 4 rings (SSSR count). The predicted octanol–water partition coefficient (Wildman–Crippen LogP) is 3.71. The molecule has 0 bridgehead atoms. The van der Waals surface area contributed by atoms with Crippen LogP contribution in [0.4, 0.5) is 25.0 Å². The molecular weight excluding hydrogens is 354 g/mol. The normalized spacial score (nSPS) is 10.7. The Morgan fingerprint density at radius 3 is 2.78 bits per heavy atom. The Kier molecular flexibility index (Phi) is 4.17. The van der Waals surface area contributed by atoms with Crippen molar-refractivity contribution in [3.63, 3.8) is 0 Å². The van der Waals surface area contributed by atoms with Gasteiger partial charge in [-0.1, -0.05) is 12.1 Å². The van der Waals surface area contributed by atoms with Gasteiger partial charge in [0.05, 0.1) is 11.4 Å². The van der Waals surface area contributed by atoms with E-state index in [0.717, 1.165) is 23.8 Å². The number of nitrogens with zero attached hydrogens (tertiary/aromatic N) is 4. The van der Waals surface area contributed by atoms with E-state index in [-0.39, 0.29) is 5.69 Å². The molecule has 9 heteroatoms. The second-order valence-corrected chi connectivity index (χ2v) is 5.64. The zero-order valence-corrected chi connectivity index (χ0v) is 13.7. The van der Waals surface area contributed by atoms with Crippen molar-refractivity contribution in [2.75, 3.05) is 10.6 Å². The van der Waals surface area contributed by atoms with Gasteiger partial charge < -0.3 is 10.6 Å². The third kappa shape index (κ3) is 3.56. The van der Waals surface area contributed by atoms with Crippen LogP contribution in [0.3, 0.4) is 0 Å². The van der Waals surface area contributed by atoms with E-state index in [4.69, 9.17) is 0 Å². The summed E-state index contributed by atoms with van der Waals surface area (Å²) in [5.74, 6) is -1.38. The van der Waals surface area contributed by atoms with Gasteiger partial charge in [0.25, 0.3) is 0 Å². The molecule has 0 aliphatic carbocycles. The molecule has 0 aliphatic heterocycles. The Morgan fingerprint density at radius 2 is 1.89 bits per heavy atom. The topological polar surface area (TPSA) is 84.2 Å². The van der Waals surface area contributed by atoms with E-state index in [1.165, 1.54) is 10.8 Å². The number of nitrogens with one attached hydrogen (secondary N) is 2. The summed E-state index contributed by atoms with van der Waals surface area (Å²) in [7, 11) is 0. The molecule has 2 amide bonds. The molecule has 0 saturated heterocycles. The van der Waals surface area contributed by atoms with E-state index in [0.29, 0.717) is 17.0 Å². The van der Waals surface area contributed by atoms with Gasteiger partial charge in [-0.3, -0.25) is 0 Å². The third-order valence-corrected chi connectivity index (χ3v) is 3.75. The van der Waals surface area contributed by atoms with E-state index >= 15 is 0 Å². The summed E-state index contributed by atoms with van der Waals surface area (Å²) < 4.78 is 28.4. The Hall–Kier alpha value is -3.88. The molecule has 0 fully saturated rings. The number of rotatable bonds is 3. The SMILES string of the molecule is O=C(Nc1cccc(-c2ccc3nncn3n2)c1)Nc1cc(F)ccc1F. The summed E-state index contributed by atoms with van der Waals surface area (Å²) in [6.45, 7) is 0. The van der Waals surface area contributed by atoms with Crippen molar-refractivity contribution in [3.8, 4) is 11.3 Å². The van der Waals surface area contributed by atoms with Gasteiger partial charge in [-0.05, 0) is 36.4 Å². The van der Waals surface area contributed by atoms with Crippen LogP contribution >= 0.6 is 0 Å². The zero-order chi connectivity index (χ0) is 18.8. The number of urea groups is 1. The van der Waals surface area contributed by atoms with Crippen LogP contribution in [0.15, 0.2) is 60.9 Å². The number of benzene rings is 2. The first-order valence-corrected chi connectivity index (χ1v) is 7.89. The summed E-state index contributed by atoms with van der Waals surface area (Å²) in [5, 5.41) is 16.9. The monoisotopic (exact) mass is 366 g/mol. The maximum absolute atomic E-state index is 13.6. The Bertz CT molecular complexity index is 1140. The standard InChI is InChI=1S/C18H12F2N6O/c19-12-4-5-14(20)16(9-12)23-18(27)22-13-3-1-2-11(8-13)15-6-7-17-24-21-10-26(17)25-15/h1-10H,(H2,22,23,27). The van der Waals surface area contributed by atoms with Gasteiger partial charge in [0.1, 0.15) is 18.0 Å². The highest BCUT2D eigenvalue weighted by molar-refractivity contribution is 6.00. The highest BCUT2D eigenvalue weighted by Gasteiger charge is 2.09. The van der Waals surface area contributed by atoms with Gasteiger partial charge in [-0.2, -0.15) is 9.61 Å².